The van der Waals surface area contributed by atoms with Crippen molar-refractivity contribution < 1.29 is 4.79 Å². The molecular weight excluding hydrogens is 400 g/mol. The molecule has 4 rings (SSSR count). The van der Waals surface area contributed by atoms with Crippen LogP contribution in [-0.2, 0) is 11.3 Å². The number of imidazole rings is 1. The molecule has 0 atom stereocenters. The molecule has 0 saturated carbocycles. The van der Waals surface area contributed by atoms with Gasteiger partial charge in [0.05, 0.1) is 22.5 Å². The number of aryl methyl sites for hydroxylation is 2. The minimum atomic E-state index is 0.0592. The Hall–Kier alpha value is -2.64. The summed E-state index contributed by atoms with van der Waals surface area (Å²) in [4.78, 5) is 23.4. The van der Waals surface area contributed by atoms with Gasteiger partial charge in [0.25, 0.3) is 0 Å². The molecule has 0 radical (unpaired) electrons. The van der Waals surface area contributed by atoms with Gasteiger partial charge in [0.2, 0.25) is 5.91 Å². The second kappa shape index (κ2) is 8.39. The average Bonchev–Trinajstić information content (AvgIpc) is 3.34. The van der Waals surface area contributed by atoms with Crippen molar-refractivity contribution in [2.24, 2.45) is 0 Å². The first-order chi connectivity index (χ1) is 14.0. The molecule has 0 aliphatic heterocycles. The Morgan fingerprint density at radius 3 is 2.79 bits per heavy atom. The van der Waals surface area contributed by atoms with Crippen molar-refractivity contribution in [1.29, 1.82) is 0 Å². The molecule has 0 saturated heterocycles. The lowest BCUT2D eigenvalue weighted by Crippen LogP contribution is -2.27. The van der Waals surface area contributed by atoms with Gasteiger partial charge in [0.15, 0.2) is 5.16 Å². The SMILES string of the molecule is Cc1ccc(-n2ccnc2SCC(=O)N(C)Cc2nc3ccccc3s2)cc1C. The summed E-state index contributed by atoms with van der Waals surface area (Å²) in [5.74, 6) is 0.396. The summed E-state index contributed by atoms with van der Waals surface area (Å²) >= 11 is 3.09. The quantitative estimate of drug-likeness (QED) is 0.417. The number of benzene rings is 2. The van der Waals surface area contributed by atoms with Crippen molar-refractivity contribution in [3.8, 4) is 5.69 Å². The summed E-state index contributed by atoms with van der Waals surface area (Å²) in [5.41, 5.74) is 4.54. The van der Waals surface area contributed by atoms with Crippen LogP contribution in [0.4, 0.5) is 0 Å². The molecule has 2 heterocycles. The molecule has 5 nitrogen and oxygen atoms in total. The van der Waals surface area contributed by atoms with Gasteiger partial charge in [-0.3, -0.25) is 9.36 Å². The maximum Gasteiger partial charge on any atom is 0.233 e. The highest BCUT2D eigenvalue weighted by molar-refractivity contribution is 7.99. The van der Waals surface area contributed by atoms with Gasteiger partial charge < -0.3 is 4.90 Å². The van der Waals surface area contributed by atoms with Crippen molar-refractivity contribution in [3.05, 3.63) is 71.0 Å². The summed E-state index contributed by atoms with van der Waals surface area (Å²) < 4.78 is 3.17. The van der Waals surface area contributed by atoms with Crippen LogP contribution in [0.3, 0.4) is 0 Å². The second-order valence-electron chi connectivity index (χ2n) is 6.96. The third kappa shape index (κ3) is 4.36. The average molecular weight is 423 g/mol. The first-order valence-electron chi connectivity index (χ1n) is 9.33. The number of hydrogen-bond acceptors (Lipinski definition) is 5. The van der Waals surface area contributed by atoms with Crippen LogP contribution in [0.2, 0.25) is 0 Å². The lowest BCUT2D eigenvalue weighted by Gasteiger charge is -2.15. The van der Waals surface area contributed by atoms with E-state index in [1.807, 2.05) is 36.0 Å². The third-order valence-corrected chi connectivity index (χ3v) is 6.81. The van der Waals surface area contributed by atoms with Crippen molar-refractivity contribution in [1.82, 2.24) is 19.4 Å². The van der Waals surface area contributed by atoms with Gasteiger partial charge in [-0.15, -0.1) is 11.3 Å². The van der Waals surface area contributed by atoms with Gasteiger partial charge in [-0.2, -0.15) is 0 Å². The lowest BCUT2D eigenvalue weighted by atomic mass is 10.1. The molecule has 29 heavy (non-hydrogen) atoms. The topological polar surface area (TPSA) is 51.0 Å². The fourth-order valence-corrected chi connectivity index (χ4v) is 4.92. The molecule has 0 spiro atoms. The fourth-order valence-electron chi connectivity index (χ4n) is 2.98. The van der Waals surface area contributed by atoms with Crippen LogP contribution in [0, 0.1) is 13.8 Å². The molecule has 0 fully saturated rings. The highest BCUT2D eigenvalue weighted by atomic mass is 32.2. The molecule has 0 aliphatic rings. The zero-order valence-corrected chi connectivity index (χ0v) is 18.3. The Bertz CT molecular complexity index is 1130. The van der Waals surface area contributed by atoms with E-state index < -0.39 is 0 Å². The Morgan fingerprint density at radius 1 is 1.17 bits per heavy atom. The smallest absolute Gasteiger partial charge is 0.233 e. The molecule has 0 aliphatic carbocycles. The van der Waals surface area contributed by atoms with Gasteiger partial charge in [-0.1, -0.05) is 30.0 Å². The van der Waals surface area contributed by atoms with E-state index in [2.05, 4.69) is 48.1 Å². The number of thioether (sulfide) groups is 1. The first kappa shape index (κ1) is 19.7. The summed E-state index contributed by atoms with van der Waals surface area (Å²) in [6.07, 6.45) is 3.70. The van der Waals surface area contributed by atoms with E-state index in [9.17, 15) is 4.79 Å². The zero-order valence-electron chi connectivity index (χ0n) is 16.6. The molecular formula is C22H22N4OS2. The molecule has 148 valence electrons. The van der Waals surface area contributed by atoms with Crippen LogP contribution in [0.25, 0.3) is 15.9 Å². The molecule has 0 unspecified atom stereocenters. The predicted octanol–water partition coefficient (Wildman–Crippen LogP) is 4.85. The Kier molecular flexibility index (Phi) is 5.69. The molecule has 0 bridgehead atoms. The van der Waals surface area contributed by atoms with Crippen LogP contribution < -0.4 is 0 Å². The number of nitrogens with zero attached hydrogens (tertiary/aromatic N) is 4. The largest absolute Gasteiger partial charge is 0.338 e. The van der Waals surface area contributed by atoms with Crippen LogP contribution >= 0.6 is 23.1 Å². The highest BCUT2D eigenvalue weighted by Crippen LogP contribution is 2.24. The van der Waals surface area contributed by atoms with Crippen LogP contribution in [-0.4, -0.2) is 38.1 Å². The second-order valence-corrected chi connectivity index (χ2v) is 9.02. The van der Waals surface area contributed by atoms with Crippen molar-refractivity contribution in [2.75, 3.05) is 12.8 Å². The van der Waals surface area contributed by atoms with E-state index in [1.54, 1.807) is 22.4 Å². The van der Waals surface area contributed by atoms with Gasteiger partial charge >= 0.3 is 0 Å². The van der Waals surface area contributed by atoms with Crippen molar-refractivity contribution in [3.63, 3.8) is 0 Å². The molecule has 1 amide bonds. The van der Waals surface area contributed by atoms with Crippen LogP contribution in [0.1, 0.15) is 16.1 Å². The van der Waals surface area contributed by atoms with E-state index in [0.717, 1.165) is 26.1 Å². The van der Waals surface area contributed by atoms with Crippen molar-refractivity contribution in [2.45, 2.75) is 25.5 Å². The molecule has 2 aromatic carbocycles. The van der Waals surface area contributed by atoms with Crippen molar-refractivity contribution >= 4 is 39.2 Å². The number of amides is 1. The highest BCUT2D eigenvalue weighted by Gasteiger charge is 2.15. The molecule has 7 heteroatoms. The summed E-state index contributed by atoms with van der Waals surface area (Å²) in [6.45, 7) is 4.72. The summed E-state index contributed by atoms with van der Waals surface area (Å²) in [6, 6.07) is 14.4. The number of thiazole rings is 1. The number of aromatic nitrogens is 3. The Balaban J connectivity index is 1.40. The van der Waals surface area contributed by atoms with E-state index in [0.29, 0.717) is 12.3 Å². The van der Waals surface area contributed by atoms with E-state index in [-0.39, 0.29) is 5.91 Å². The maximum absolute atomic E-state index is 12.6. The van der Waals surface area contributed by atoms with E-state index >= 15 is 0 Å². The van der Waals surface area contributed by atoms with E-state index in [1.165, 1.54) is 22.9 Å². The maximum atomic E-state index is 12.6. The molecule has 4 aromatic rings. The standard InChI is InChI=1S/C22H22N4OS2/c1-15-8-9-17(12-16(15)2)26-11-10-23-22(26)28-14-21(27)25(3)13-20-24-18-6-4-5-7-19(18)29-20/h4-12H,13-14H2,1-3H3. The lowest BCUT2D eigenvalue weighted by molar-refractivity contribution is -0.127. The van der Waals surface area contributed by atoms with Gasteiger partial charge in [0.1, 0.15) is 5.01 Å². The minimum absolute atomic E-state index is 0.0592. The molecule has 0 N–H and O–H groups in total. The number of rotatable bonds is 6. The van der Waals surface area contributed by atoms with Crippen LogP contribution in [0.15, 0.2) is 60.0 Å². The van der Waals surface area contributed by atoms with Gasteiger partial charge in [-0.25, -0.2) is 9.97 Å². The summed E-state index contributed by atoms with van der Waals surface area (Å²) in [7, 11) is 1.82. The number of fused-ring (bicyclic) bond motifs is 1. The molecule has 2 aromatic heterocycles. The number of hydrogen-bond donors (Lipinski definition) is 0. The Labute approximate surface area is 178 Å². The van der Waals surface area contributed by atoms with Crippen LogP contribution in [0.5, 0.6) is 0 Å². The van der Waals surface area contributed by atoms with Gasteiger partial charge in [0, 0.05) is 25.1 Å². The zero-order chi connectivity index (χ0) is 20.4. The minimum Gasteiger partial charge on any atom is -0.338 e. The Morgan fingerprint density at radius 2 is 2.00 bits per heavy atom. The number of carbonyl (C=O) groups is 1. The fraction of sp³-hybridized carbons (Fsp3) is 0.227. The first-order valence-corrected chi connectivity index (χ1v) is 11.1. The monoisotopic (exact) mass is 422 g/mol. The predicted molar refractivity (Wildman–Crippen MR) is 120 cm³/mol. The number of para-hydroxylation sites is 1. The number of carbonyl (C=O) groups excluding carboxylic acids is 1. The summed E-state index contributed by atoms with van der Waals surface area (Å²) in [5, 5.41) is 1.76. The third-order valence-electron chi connectivity index (χ3n) is 4.84. The van der Waals surface area contributed by atoms with Gasteiger partial charge in [-0.05, 0) is 49.2 Å². The normalized spacial score (nSPS) is 11.1. The van der Waals surface area contributed by atoms with E-state index in [4.69, 9.17) is 0 Å².